The number of non-ortho nitro benzene ring substituents is 1. The standard InChI is InChI=1S/C19H15NO6/c1-10-4-3-5-14-15(10)16(11(2)19(14,17(21)22)18(23)24)12-6-8-13(9-7-12)20(25)26/h3-9H,1-2H3,(H,21,22)(H,23,24). The molecule has 0 radical (unpaired) electrons. The minimum atomic E-state index is -2.18. The third kappa shape index (κ3) is 2.13. The lowest BCUT2D eigenvalue weighted by Crippen LogP contribution is -2.43. The molecule has 26 heavy (non-hydrogen) atoms. The normalized spacial score (nSPS) is 14.8. The van der Waals surface area contributed by atoms with Gasteiger partial charge in [-0.1, -0.05) is 18.2 Å². The molecule has 0 amide bonds. The number of fused-ring (bicyclic) bond motifs is 1. The fourth-order valence-corrected chi connectivity index (χ4v) is 3.64. The van der Waals surface area contributed by atoms with E-state index in [1.807, 2.05) is 0 Å². The number of rotatable bonds is 4. The highest BCUT2D eigenvalue weighted by Gasteiger charge is 2.56. The molecule has 0 fully saturated rings. The van der Waals surface area contributed by atoms with Crippen LogP contribution in [0.5, 0.6) is 0 Å². The summed E-state index contributed by atoms with van der Waals surface area (Å²) in [6.07, 6.45) is 0. The molecule has 0 unspecified atom stereocenters. The second-order valence-corrected chi connectivity index (χ2v) is 6.16. The smallest absolute Gasteiger partial charge is 0.329 e. The van der Waals surface area contributed by atoms with Crippen molar-refractivity contribution in [3.8, 4) is 0 Å². The molecule has 7 heteroatoms. The number of nitrogens with zero attached hydrogens (tertiary/aromatic N) is 1. The summed E-state index contributed by atoms with van der Waals surface area (Å²) in [7, 11) is 0. The first-order chi connectivity index (χ1) is 12.2. The summed E-state index contributed by atoms with van der Waals surface area (Å²) in [5.41, 5.74) is 0.393. The Kier molecular flexibility index (Phi) is 3.87. The van der Waals surface area contributed by atoms with E-state index >= 15 is 0 Å². The van der Waals surface area contributed by atoms with Crippen molar-refractivity contribution >= 4 is 23.2 Å². The number of hydrogen-bond donors (Lipinski definition) is 2. The lowest BCUT2D eigenvalue weighted by atomic mass is 9.77. The van der Waals surface area contributed by atoms with Crippen molar-refractivity contribution in [2.45, 2.75) is 19.3 Å². The van der Waals surface area contributed by atoms with Crippen LogP contribution in [0.25, 0.3) is 5.57 Å². The molecule has 1 aliphatic rings. The Balaban J connectivity index is 2.37. The molecule has 0 heterocycles. The zero-order valence-corrected chi connectivity index (χ0v) is 14.0. The molecule has 2 N–H and O–H groups in total. The van der Waals surface area contributed by atoms with Crippen molar-refractivity contribution in [3.63, 3.8) is 0 Å². The molecule has 0 aliphatic heterocycles. The van der Waals surface area contributed by atoms with Crippen LogP contribution in [0.3, 0.4) is 0 Å². The highest BCUT2D eigenvalue weighted by atomic mass is 16.6. The first-order valence-electron chi connectivity index (χ1n) is 7.76. The van der Waals surface area contributed by atoms with Gasteiger partial charge in [-0.05, 0) is 59.4 Å². The van der Waals surface area contributed by atoms with Crippen LogP contribution >= 0.6 is 0 Å². The van der Waals surface area contributed by atoms with Crippen molar-refractivity contribution in [3.05, 3.63) is 80.4 Å². The van der Waals surface area contributed by atoms with E-state index in [4.69, 9.17) is 0 Å². The van der Waals surface area contributed by atoms with Gasteiger partial charge in [-0.3, -0.25) is 19.7 Å². The fraction of sp³-hybridized carbons (Fsp3) is 0.158. The number of nitro groups is 1. The number of benzene rings is 2. The molecular formula is C19H15NO6. The van der Waals surface area contributed by atoms with Crippen LogP contribution in [0.2, 0.25) is 0 Å². The molecule has 0 spiro atoms. The Hall–Kier alpha value is -3.48. The van der Waals surface area contributed by atoms with E-state index in [1.54, 1.807) is 19.1 Å². The van der Waals surface area contributed by atoms with Crippen LogP contribution in [-0.4, -0.2) is 27.1 Å². The van der Waals surface area contributed by atoms with Crippen molar-refractivity contribution in [2.24, 2.45) is 0 Å². The van der Waals surface area contributed by atoms with Gasteiger partial charge < -0.3 is 10.2 Å². The van der Waals surface area contributed by atoms with Gasteiger partial charge in [0.1, 0.15) is 0 Å². The van der Waals surface area contributed by atoms with Gasteiger partial charge >= 0.3 is 11.9 Å². The number of hydrogen-bond acceptors (Lipinski definition) is 4. The van der Waals surface area contributed by atoms with Crippen molar-refractivity contribution in [2.75, 3.05) is 0 Å². The van der Waals surface area contributed by atoms with E-state index in [0.717, 1.165) is 5.56 Å². The van der Waals surface area contributed by atoms with Crippen LogP contribution in [0.1, 0.15) is 29.2 Å². The summed E-state index contributed by atoms with van der Waals surface area (Å²) in [6.45, 7) is 3.26. The van der Waals surface area contributed by atoms with Crippen molar-refractivity contribution in [1.29, 1.82) is 0 Å². The minimum absolute atomic E-state index is 0.0993. The fourth-order valence-electron chi connectivity index (χ4n) is 3.64. The molecule has 7 nitrogen and oxygen atoms in total. The minimum Gasteiger partial charge on any atom is -0.480 e. The lowest BCUT2D eigenvalue weighted by molar-refractivity contribution is -0.384. The van der Waals surface area contributed by atoms with Gasteiger partial charge in [0.25, 0.3) is 5.69 Å². The Morgan fingerprint density at radius 3 is 2.08 bits per heavy atom. The Morgan fingerprint density at radius 1 is 1.00 bits per heavy atom. The highest BCUT2D eigenvalue weighted by Crippen LogP contribution is 2.50. The molecule has 0 aromatic heterocycles. The van der Waals surface area contributed by atoms with Crippen LogP contribution in [-0.2, 0) is 15.0 Å². The average molecular weight is 353 g/mol. The molecule has 132 valence electrons. The van der Waals surface area contributed by atoms with Crippen molar-refractivity contribution < 1.29 is 24.7 Å². The van der Waals surface area contributed by atoms with Crippen molar-refractivity contribution in [1.82, 2.24) is 0 Å². The predicted octanol–water partition coefficient (Wildman–Crippen LogP) is 3.15. The number of carboxylic acids is 2. The van der Waals surface area contributed by atoms with E-state index in [0.29, 0.717) is 16.7 Å². The zero-order valence-electron chi connectivity index (χ0n) is 14.0. The molecule has 2 aromatic rings. The van der Waals surface area contributed by atoms with Gasteiger partial charge in [0.05, 0.1) is 4.92 Å². The number of aliphatic carboxylic acids is 2. The number of nitro benzene ring substituents is 1. The zero-order chi connectivity index (χ0) is 19.2. The molecular weight excluding hydrogens is 338 g/mol. The summed E-state index contributed by atoms with van der Waals surface area (Å²) < 4.78 is 0. The maximum Gasteiger partial charge on any atom is 0.329 e. The van der Waals surface area contributed by atoms with E-state index in [2.05, 4.69) is 0 Å². The summed E-state index contributed by atoms with van der Waals surface area (Å²) in [5, 5.41) is 30.5. The molecule has 0 bridgehead atoms. The number of carboxylic acid groups (broad SMARTS) is 2. The van der Waals surface area contributed by atoms with Gasteiger partial charge in [-0.2, -0.15) is 0 Å². The first-order valence-corrected chi connectivity index (χ1v) is 7.76. The average Bonchev–Trinajstić information content (AvgIpc) is 2.85. The summed E-state index contributed by atoms with van der Waals surface area (Å²) >= 11 is 0. The molecule has 3 rings (SSSR count). The third-order valence-corrected chi connectivity index (χ3v) is 4.87. The molecule has 0 saturated carbocycles. The highest BCUT2D eigenvalue weighted by molar-refractivity contribution is 6.15. The summed E-state index contributed by atoms with van der Waals surface area (Å²) in [6, 6.07) is 10.6. The third-order valence-electron chi connectivity index (χ3n) is 4.87. The molecule has 1 aliphatic carbocycles. The van der Waals surface area contributed by atoms with E-state index in [1.165, 1.54) is 37.3 Å². The Bertz CT molecular complexity index is 974. The lowest BCUT2D eigenvalue weighted by Gasteiger charge is -2.23. The van der Waals surface area contributed by atoms with Gasteiger partial charge in [-0.15, -0.1) is 0 Å². The quantitative estimate of drug-likeness (QED) is 0.495. The largest absolute Gasteiger partial charge is 0.480 e. The van der Waals surface area contributed by atoms with E-state index in [9.17, 15) is 29.9 Å². The topological polar surface area (TPSA) is 118 Å². The molecule has 0 saturated heterocycles. The van der Waals surface area contributed by atoms with Gasteiger partial charge in [0, 0.05) is 12.1 Å². The first kappa shape index (κ1) is 17.3. The van der Waals surface area contributed by atoms with Crippen LogP contribution in [0.4, 0.5) is 5.69 Å². The van der Waals surface area contributed by atoms with Crippen LogP contribution < -0.4 is 0 Å². The second-order valence-electron chi connectivity index (χ2n) is 6.16. The number of aryl methyl sites for hydroxylation is 1. The Labute approximate surface area is 148 Å². The number of carbonyl (C=O) groups is 2. The van der Waals surface area contributed by atoms with Crippen LogP contribution in [0.15, 0.2) is 48.0 Å². The van der Waals surface area contributed by atoms with Crippen LogP contribution in [0, 0.1) is 17.0 Å². The molecule has 0 atom stereocenters. The second kappa shape index (κ2) is 5.80. The van der Waals surface area contributed by atoms with Gasteiger partial charge in [0.15, 0.2) is 0 Å². The monoisotopic (exact) mass is 353 g/mol. The summed E-state index contributed by atoms with van der Waals surface area (Å²) in [5.74, 6) is -2.93. The Morgan fingerprint density at radius 2 is 1.58 bits per heavy atom. The van der Waals surface area contributed by atoms with Gasteiger partial charge in [0.2, 0.25) is 5.41 Å². The van der Waals surface area contributed by atoms with E-state index in [-0.39, 0.29) is 16.8 Å². The van der Waals surface area contributed by atoms with Gasteiger partial charge in [-0.25, -0.2) is 0 Å². The maximum absolute atomic E-state index is 12.1. The molecule has 2 aromatic carbocycles. The SMILES string of the molecule is CC1=C(c2ccc([N+](=O)[O-])cc2)c2c(C)cccc2C1(C(=O)O)C(=O)O. The predicted molar refractivity (Wildman–Crippen MR) is 92.9 cm³/mol. The van der Waals surface area contributed by atoms with E-state index < -0.39 is 22.3 Å². The summed E-state index contributed by atoms with van der Waals surface area (Å²) in [4.78, 5) is 34.5. The maximum atomic E-state index is 12.1.